The number of amides is 2. The Morgan fingerprint density at radius 2 is 1.70 bits per heavy atom. The van der Waals surface area contributed by atoms with Crippen molar-refractivity contribution in [2.24, 2.45) is 0 Å². The molecule has 0 aliphatic carbocycles. The summed E-state index contributed by atoms with van der Waals surface area (Å²) >= 11 is 0. The molecule has 2 aromatic rings. The number of carbonyl (C=O) groups excluding carboxylic acids is 2. The van der Waals surface area contributed by atoms with Crippen molar-refractivity contribution in [1.29, 1.82) is 0 Å². The summed E-state index contributed by atoms with van der Waals surface area (Å²) in [6, 6.07) is 16.6. The minimum absolute atomic E-state index is 0.0501. The zero-order chi connectivity index (χ0) is 16.5. The lowest BCUT2D eigenvalue weighted by Crippen LogP contribution is -2.36. The molecule has 0 fully saturated rings. The molecule has 0 atom stereocenters. The van der Waals surface area contributed by atoms with Crippen molar-refractivity contribution in [2.75, 3.05) is 13.7 Å². The van der Waals surface area contributed by atoms with Crippen LogP contribution in [0.1, 0.15) is 21.5 Å². The number of rotatable bonds is 7. The molecule has 120 valence electrons. The van der Waals surface area contributed by atoms with E-state index in [1.807, 2.05) is 30.3 Å². The van der Waals surface area contributed by atoms with Gasteiger partial charge in [-0.25, -0.2) is 0 Å². The lowest BCUT2D eigenvalue weighted by Gasteiger charge is -2.08. The smallest absolute Gasteiger partial charge is 0.251 e. The van der Waals surface area contributed by atoms with E-state index in [0.29, 0.717) is 18.7 Å². The van der Waals surface area contributed by atoms with E-state index in [1.54, 1.807) is 31.4 Å². The van der Waals surface area contributed by atoms with Crippen LogP contribution in [0.15, 0.2) is 54.6 Å². The molecule has 2 aromatic carbocycles. The van der Waals surface area contributed by atoms with Crippen molar-refractivity contribution in [2.45, 2.75) is 13.2 Å². The third kappa shape index (κ3) is 5.56. The maximum absolute atomic E-state index is 11.8. The van der Waals surface area contributed by atoms with Gasteiger partial charge in [-0.1, -0.05) is 42.5 Å². The predicted molar refractivity (Wildman–Crippen MR) is 87.8 cm³/mol. The summed E-state index contributed by atoms with van der Waals surface area (Å²) in [7, 11) is 1.64. The van der Waals surface area contributed by atoms with Gasteiger partial charge in [0.25, 0.3) is 5.91 Å². The highest BCUT2D eigenvalue weighted by atomic mass is 16.5. The Labute approximate surface area is 135 Å². The Kier molecular flexibility index (Phi) is 6.32. The standard InChI is InChI=1S/C18H20N2O3/c1-23-13-15-7-5-6-14(10-15)11-19-17(21)12-20-18(22)16-8-3-2-4-9-16/h2-10H,11-13H2,1H3,(H,19,21)(H,20,22). The monoisotopic (exact) mass is 312 g/mol. The summed E-state index contributed by atoms with van der Waals surface area (Å²) in [4.78, 5) is 23.6. The first-order valence-corrected chi connectivity index (χ1v) is 7.35. The number of ether oxygens (including phenoxy) is 1. The third-order valence-electron chi connectivity index (χ3n) is 3.24. The zero-order valence-corrected chi connectivity index (χ0v) is 13.0. The van der Waals surface area contributed by atoms with E-state index in [-0.39, 0.29) is 18.4 Å². The molecule has 0 spiro atoms. The van der Waals surface area contributed by atoms with E-state index in [1.165, 1.54) is 0 Å². The van der Waals surface area contributed by atoms with Gasteiger partial charge in [-0.3, -0.25) is 9.59 Å². The highest BCUT2D eigenvalue weighted by Crippen LogP contribution is 2.06. The van der Waals surface area contributed by atoms with Crippen molar-refractivity contribution in [3.05, 3.63) is 71.3 Å². The van der Waals surface area contributed by atoms with Gasteiger partial charge in [0.1, 0.15) is 0 Å². The summed E-state index contributed by atoms with van der Waals surface area (Å²) < 4.78 is 5.08. The van der Waals surface area contributed by atoms with Crippen LogP contribution in [0.2, 0.25) is 0 Å². The molecule has 5 heteroatoms. The van der Waals surface area contributed by atoms with Gasteiger partial charge in [-0.05, 0) is 23.3 Å². The molecular formula is C18H20N2O3. The molecule has 2 amide bonds. The van der Waals surface area contributed by atoms with Gasteiger partial charge in [0, 0.05) is 19.2 Å². The first-order chi connectivity index (χ1) is 11.2. The molecule has 5 nitrogen and oxygen atoms in total. The Hall–Kier alpha value is -2.66. The summed E-state index contributed by atoms with van der Waals surface area (Å²) in [5.41, 5.74) is 2.58. The first-order valence-electron chi connectivity index (χ1n) is 7.35. The predicted octanol–water partition coefficient (Wildman–Crippen LogP) is 1.88. The normalized spacial score (nSPS) is 10.1. The number of hydrogen-bond acceptors (Lipinski definition) is 3. The fourth-order valence-electron chi connectivity index (χ4n) is 2.11. The summed E-state index contributed by atoms with van der Waals surface area (Å²) in [6.07, 6.45) is 0. The quantitative estimate of drug-likeness (QED) is 0.820. The van der Waals surface area contributed by atoms with E-state index in [4.69, 9.17) is 4.74 Å². The fraction of sp³-hybridized carbons (Fsp3) is 0.222. The van der Waals surface area contributed by atoms with Gasteiger partial charge in [0.2, 0.25) is 5.91 Å². The van der Waals surface area contributed by atoms with Gasteiger partial charge >= 0.3 is 0 Å². The van der Waals surface area contributed by atoms with E-state index in [2.05, 4.69) is 10.6 Å². The number of carbonyl (C=O) groups is 2. The molecule has 0 unspecified atom stereocenters. The molecule has 0 aliphatic heterocycles. The van der Waals surface area contributed by atoms with Crippen LogP contribution >= 0.6 is 0 Å². The van der Waals surface area contributed by atoms with Gasteiger partial charge in [0.15, 0.2) is 0 Å². The molecule has 0 saturated carbocycles. The maximum atomic E-state index is 11.8. The summed E-state index contributed by atoms with van der Waals surface area (Å²) in [5, 5.41) is 5.38. The van der Waals surface area contributed by atoms with Gasteiger partial charge < -0.3 is 15.4 Å². The van der Waals surface area contributed by atoms with Gasteiger partial charge in [-0.15, -0.1) is 0 Å². The van der Waals surface area contributed by atoms with Crippen molar-refractivity contribution < 1.29 is 14.3 Å². The van der Waals surface area contributed by atoms with Gasteiger partial charge in [-0.2, -0.15) is 0 Å². The highest BCUT2D eigenvalue weighted by molar-refractivity contribution is 5.96. The maximum Gasteiger partial charge on any atom is 0.251 e. The van der Waals surface area contributed by atoms with Crippen LogP contribution in [0, 0.1) is 0 Å². The minimum atomic E-state index is -0.261. The van der Waals surface area contributed by atoms with Crippen molar-refractivity contribution in [3.8, 4) is 0 Å². The molecule has 0 bridgehead atoms. The Balaban J connectivity index is 1.77. The summed E-state index contributed by atoms with van der Waals surface area (Å²) in [6.45, 7) is 0.901. The van der Waals surface area contributed by atoms with Crippen LogP contribution < -0.4 is 10.6 Å². The van der Waals surface area contributed by atoms with Crippen molar-refractivity contribution >= 4 is 11.8 Å². The van der Waals surface area contributed by atoms with Crippen LogP contribution in [-0.4, -0.2) is 25.5 Å². The van der Waals surface area contributed by atoms with E-state index >= 15 is 0 Å². The SMILES string of the molecule is COCc1cccc(CNC(=O)CNC(=O)c2ccccc2)c1. The van der Waals surface area contributed by atoms with Crippen LogP contribution in [0.25, 0.3) is 0 Å². The molecule has 0 heterocycles. The molecular weight excluding hydrogens is 292 g/mol. The number of hydrogen-bond donors (Lipinski definition) is 2. The minimum Gasteiger partial charge on any atom is -0.380 e. The van der Waals surface area contributed by atoms with E-state index in [9.17, 15) is 9.59 Å². The summed E-state index contributed by atoms with van der Waals surface area (Å²) in [5.74, 6) is -0.491. The van der Waals surface area contributed by atoms with Crippen LogP contribution in [0.5, 0.6) is 0 Å². The second-order valence-corrected chi connectivity index (χ2v) is 5.08. The topological polar surface area (TPSA) is 67.4 Å². The second-order valence-electron chi connectivity index (χ2n) is 5.08. The molecule has 2 rings (SSSR count). The van der Waals surface area contributed by atoms with E-state index in [0.717, 1.165) is 11.1 Å². The molecule has 23 heavy (non-hydrogen) atoms. The van der Waals surface area contributed by atoms with Crippen LogP contribution in [0.3, 0.4) is 0 Å². The molecule has 2 N–H and O–H groups in total. The largest absolute Gasteiger partial charge is 0.380 e. The Morgan fingerprint density at radius 3 is 2.43 bits per heavy atom. The molecule has 0 aromatic heterocycles. The lowest BCUT2D eigenvalue weighted by atomic mass is 10.1. The Morgan fingerprint density at radius 1 is 0.957 bits per heavy atom. The Bertz CT molecular complexity index is 656. The van der Waals surface area contributed by atoms with E-state index < -0.39 is 0 Å². The number of nitrogens with one attached hydrogen (secondary N) is 2. The average molecular weight is 312 g/mol. The van der Waals surface area contributed by atoms with Crippen molar-refractivity contribution in [3.63, 3.8) is 0 Å². The van der Waals surface area contributed by atoms with Crippen molar-refractivity contribution in [1.82, 2.24) is 10.6 Å². The second kappa shape index (κ2) is 8.70. The van der Waals surface area contributed by atoms with Gasteiger partial charge in [0.05, 0.1) is 13.2 Å². The average Bonchev–Trinajstić information content (AvgIpc) is 2.59. The fourth-order valence-corrected chi connectivity index (χ4v) is 2.11. The number of methoxy groups -OCH3 is 1. The molecule has 0 saturated heterocycles. The molecule has 0 aliphatic rings. The molecule has 0 radical (unpaired) electrons. The zero-order valence-electron chi connectivity index (χ0n) is 13.0. The van der Waals surface area contributed by atoms with Crippen LogP contribution in [-0.2, 0) is 22.7 Å². The third-order valence-corrected chi connectivity index (χ3v) is 3.24. The first kappa shape index (κ1) is 16.7. The lowest BCUT2D eigenvalue weighted by molar-refractivity contribution is -0.120. The highest BCUT2D eigenvalue weighted by Gasteiger charge is 2.07. The van der Waals surface area contributed by atoms with Crippen LogP contribution in [0.4, 0.5) is 0 Å². The number of benzene rings is 2.